The number of rotatable bonds is 3. The van der Waals surface area contributed by atoms with Crippen LogP contribution in [0.4, 0.5) is 0 Å². The zero-order chi connectivity index (χ0) is 13.2. The van der Waals surface area contributed by atoms with Gasteiger partial charge in [0.05, 0.1) is 18.1 Å². The van der Waals surface area contributed by atoms with E-state index in [-0.39, 0.29) is 4.90 Å². The molecule has 1 heterocycles. The predicted octanol–water partition coefficient (Wildman–Crippen LogP) is 1.75. The van der Waals surface area contributed by atoms with E-state index < -0.39 is 9.05 Å². The lowest BCUT2D eigenvalue weighted by atomic mass is 10.1. The van der Waals surface area contributed by atoms with Gasteiger partial charge in [-0.2, -0.15) is 0 Å². The summed E-state index contributed by atoms with van der Waals surface area (Å²) in [5, 5.41) is 0. The topological polar surface area (TPSA) is 46.6 Å². The van der Waals surface area contributed by atoms with Crippen molar-refractivity contribution in [3.05, 3.63) is 29.3 Å². The highest BCUT2D eigenvalue weighted by Gasteiger charge is 2.14. The van der Waals surface area contributed by atoms with Crippen LogP contribution in [0.2, 0.25) is 0 Å². The summed E-state index contributed by atoms with van der Waals surface area (Å²) < 4.78 is 27.7. The minimum Gasteiger partial charge on any atom is -0.379 e. The van der Waals surface area contributed by atoms with Crippen molar-refractivity contribution in [2.75, 3.05) is 26.3 Å². The number of morpholine rings is 1. The smallest absolute Gasteiger partial charge is 0.261 e. The van der Waals surface area contributed by atoms with Gasteiger partial charge >= 0.3 is 0 Å². The molecule has 0 N–H and O–H groups in total. The van der Waals surface area contributed by atoms with Crippen LogP contribution in [0.1, 0.15) is 11.1 Å². The molecule has 0 amide bonds. The summed E-state index contributed by atoms with van der Waals surface area (Å²) in [7, 11) is 1.68. The maximum absolute atomic E-state index is 11.2. The van der Waals surface area contributed by atoms with Gasteiger partial charge in [0, 0.05) is 30.3 Å². The molecule has 100 valence electrons. The standard InChI is InChI=1S/C12H16ClNO3S/c1-10-8-12(18(13,15)16)3-2-11(10)9-14-4-6-17-7-5-14/h2-3,8H,4-7,9H2,1H3. The first kappa shape index (κ1) is 13.8. The zero-order valence-corrected chi connectivity index (χ0v) is 11.8. The largest absolute Gasteiger partial charge is 0.379 e. The molecule has 6 heteroatoms. The van der Waals surface area contributed by atoms with Crippen molar-refractivity contribution in [3.8, 4) is 0 Å². The third-order valence-electron chi connectivity index (χ3n) is 3.09. The van der Waals surface area contributed by atoms with E-state index >= 15 is 0 Å². The minimum absolute atomic E-state index is 0.160. The number of nitrogens with zero attached hydrogens (tertiary/aromatic N) is 1. The molecule has 4 nitrogen and oxygen atoms in total. The molecule has 1 aromatic rings. The second-order valence-corrected chi connectivity index (χ2v) is 6.98. The fourth-order valence-electron chi connectivity index (χ4n) is 2.00. The summed E-state index contributed by atoms with van der Waals surface area (Å²) in [6.45, 7) is 6.06. The third kappa shape index (κ3) is 3.45. The Morgan fingerprint density at radius 2 is 2.00 bits per heavy atom. The summed E-state index contributed by atoms with van der Waals surface area (Å²) in [5.41, 5.74) is 2.07. The average molecular weight is 290 g/mol. The van der Waals surface area contributed by atoms with Gasteiger partial charge in [-0.1, -0.05) is 6.07 Å². The minimum atomic E-state index is -3.64. The van der Waals surface area contributed by atoms with Crippen molar-refractivity contribution in [1.82, 2.24) is 4.90 Å². The van der Waals surface area contributed by atoms with Crippen LogP contribution in [0.15, 0.2) is 23.1 Å². The van der Waals surface area contributed by atoms with Gasteiger partial charge in [0.15, 0.2) is 0 Å². The van der Waals surface area contributed by atoms with Gasteiger partial charge in [0.2, 0.25) is 0 Å². The lowest BCUT2D eigenvalue weighted by molar-refractivity contribution is 0.0341. The Morgan fingerprint density at radius 3 is 2.56 bits per heavy atom. The second-order valence-electron chi connectivity index (χ2n) is 4.41. The summed E-state index contributed by atoms with van der Waals surface area (Å²) in [6, 6.07) is 5.02. The van der Waals surface area contributed by atoms with Crippen molar-refractivity contribution >= 4 is 19.7 Å². The number of hydrogen-bond donors (Lipinski definition) is 0. The SMILES string of the molecule is Cc1cc(S(=O)(=O)Cl)ccc1CN1CCOCC1. The molecule has 1 aromatic carbocycles. The van der Waals surface area contributed by atoms with Gasteiger partial charge in [-0.15, -0.1) is 0 Å². The Kier molecular flexibility index (Phi) is 4.27. The quantitative estimate of drug-likeness (QED) is 0.796. The Bertz CT molecular complexity index is 524. The summed E-state index contributed by atoms with van der Waals surface area (Å²) >= 11 is 0. The average Bonchev–Trinajstić information content (AvgIpc) is 2.32. The second kappa shape index (κ2) is 5.57. The molecule has 1 fully saturated rings. The lowest BCUT2D eigenvalue weighted by Gasteiger charge is -2.27. The first-order valence-electron chi connectivity index (χ1n) is 5.81. The first-order valence-corrected chi connectivity index (χ1v) is 8.12. The Labute approximate surface area is 112 Å². The summed E-state index contributed by atoms with van der Waals surface area (Å²) in [5.74, 6) is 0. The van der Waals surface area contributed by atoms with Gasteiger partial charge in [0.1, 0.15) is 0 Å². The molecular weight excluding hydrogens is 274 g/mol. The van der Waals surface area contributed by atoms with Gasteiger partial charge in [-0.25, -0.2) is 8.42 Å². The van der Waals surface area contributed by atoms with Crippen LogP contribution in [0.25, 0.3) is 0 Å². The maximum atomic E-state index is 11.2. The van der Waals surface area contributed by atoms with Gasteiger partial charge in [-0.05, 0) is 30.2 Å². The molecule has 0 unspecified atom stereocenters. The van der Waals surface area contributed by atoms with E-state index in [0.29, 0.717) is 0 Å². The highest BCUT2D eigenvalue weighted by molar-refractivity contribution is 8.13. The van der Waals surface area contributed by atoms with Crippen molar-refractivity contribution in [1.29, 1.82) is 0 Å². The highest BCUT2D eigenvalue weighted by atomic mass is 35.7. The van der Waals surface area contributed by atoms with E-state index in [4.69, 9.17) is 15.4 Å². The molecule has 0 aromatic heterocycles. The number of benzene rings is 1. The van der Waals surface area contributed by atoms with E-state index in [0.717, 1.165) is 44.0 Å². The maximum Gasteiger partial charge on any atom is 0.261 e. The Morgan fingerprint density at radius 1 is 1.33 bits per heavy atom. The van der Waals surface area contributed by atoms with Crippen LogP contribution in [-0.4, -0.2) is 39.6 Å². The van der Waals surface area contributed by atoms with E-state index in [1.165, 1.54) is 0 Å². The molecule has 1 saturated heterocycles. The molecule has 0 saturated carbocycles. The van der Waals surface area contributed by atoms with Crippen LogP contribution in [0.3, 0.4) is 0 Å². The molecule has 18 heavy (non-hydrogen) atoms. The zero-order valence-electron chi connectivity index (χ0n) is 10.2. The van der Waals surface area contributed by atoms with Crippen LogP contribution in [0.5, 0.6) is 0 Å². The van der Waals surface area contributed by atoms with E-state index in [2.05, 4.69) is 4.90 Å². The van der Waals surface area contributed by atoms with Crippen molar-refractivity contribution < 1.29 is 13.2 Å². The number of aryl methyl sites for hydroxylation is 1. The van der Waals surface area contributed by atoms with Gasteiger partial charge in [0.25, 0.3) is 9.05 Å². The molecule has 0 aliphatic carbocycles. The first-order chi connectivity index (χ1) is 8.47. The molecule has 0 atom stereocenters. The van der Waals surface area contributed by atoms with Crippen LogP contribution >= 0.6 is 10.7 Å². The van der Waals surface area contributed by atoms with Crippen LogP contribution in [-0.2, 0) is 20.3 Å². The van der Waals surface area contributed by atoms with Crippen molar-refractivity contribution in [3.63, 3.8) is 0 Å². The van der Waals surface area contributed by atoms with Crippen molar-refractivity contribution in [2.24, 2.45) is 0 Å². The normalized spacial score (nSPS) is 17.9. The van der Waals surface area contributed by atoms with Crippen molar-refractivity contribution in [2.45, 2.75) is 18.4 Å². The lowest BCUT2D eigenvalue weighted by Crippen LogP contribution is -2.35. The molecular formula is C12H16ClNO3S. The Hall–Kier alpha value is -0.620. The van der Waals surface area contributed by atoms with Crippen LogP contribution < -0.4 is 0 Å². The summed E-state index contributed by atoms with van der Waals surface area (Å²) in [6.07, 6.45) is 0. The monoisotopic (exact) mass is 289 g/mol. The molecule has 1 aliphatic rings. The number of ether oxygens (including phenoxy) is 1. The van der Waals surface area contributed by atoms with Gasteiger partial charge in [-0.3, -0.25) is 4.90 Å². The number of hydrogen-bond acceptors (Lipinski definition) is 4. The molecule has 0 radical (unpaired) electrons. The Balaban J connectivity index is 2.14. The molecule has 0 spiro atoms. The third-order valence-corrected chi connectivity index (χ3v) is 4.44. The van der Waals surface area contributed by atoms with Crippen LogP contribution in [0, 0.1) is 6.92 Å². The van der Waals surface area contributed by atoms with E-state index in [1.807, 2.05) is 13.0 Å². The van der Waals surface area contributed by atoms with Gasteiger partial charge < -0.3 is 4.74 Å². The van der Waals surface area contributed by atoms with E-state index in [9.17, 15) is 8.42 Å². The fraction of sp³-hybridized carbons (Fsp3) is 0.500. The highest BCUT2D eigenvalue weighted by Crippen LogP contribution is 2.20. The summed E-state index contributed by atoms with van der Waals surface area (Å²) in [4.78, 5) is 2.45. The molecule has 1 aliphatic heterocycles. The number of halogens is 1. The molecule has 2 rings (SSSR count). The van der Waals surface area contributed by atoms with E-state index in [1.54, 1.807) is 12.1 Å². The molecule has 0 bridgehead atoms. The fourth-order valence-corrected chi connectivity index (χ4v) is 2.83. The predicted molar refractivity (Wildman–Crippen MR) is 70.3 cm³/mol.